The molecule has 1 aliphatic rings. The summed E-state index contributed by atoms with van der Waals surface area (Å²) < 4.78 is 5.57. The average Bonchev–Trinajstić information content (AvgIpc) is 2.72. The number of piperidine rings is 1. The number of likely N-dealkylation sites (tertiary alicyclic amines) is 1. The molecule has 0 aromatic heterocycles. The van der Waals surface area contributed by atoms with Gasteiger partial charge < -0.3 is 19.6 Å². The third kappa shape index (κ3) is 5.25. The summed E-state index contributed by atoms with van der Waals surface area (Å²) in [5.74, 6) is 0. The van der Waals surface area contributed by atoms with E-state index in [9.17, 15) is 9.59 Å². The molecule has 0 radical (unpaired) electrons. The molecule has 0 bridgehead atoms. The van der Waals surface area contributed by atoms with E-state index in [-0.39, 0.29) is 18.7 Å². The van der Waals surface area contributed by atoms with Gasteiger partial charge in [-0.3, -0.25) is 0 Å². The summed E-state index contributed by atoms with van der Waals surface area (Å²) in [6.45, 7) is 3.55. The Balaban J connectivity index is 1.69. The molecule has 148 valence electrons. The number of carbonyl (C=O) groups excluding carboxylic acids is 1. The SMILES string of the molecule is Cc1ccc(CN(C(=O)OCc2ccccc2)C2CCN(C(=O)O)CC2)cc1. The Kier molecular flexibility index (Phi) is 6.53. The smallest absolute Gasteiger partial charge is 0.410 e. The van der Waals surface area contributed by atoms with Crippen LogP contribution in [0.4, 0.5) is 9.59 Å². The molecule has 1 N–H and O–H groups in total. The Bertz CT molecular complexity index is 784. The second-order valence-electron chi connectivity index (χ2n) is 7.15. The fourth-order valence-electron chi connectivity index (χ4n) is 3.40. The molecule has 2 amide bonds. The van der Waals surface area contributed by atoms with E-state index >= 15 is 0 Å². The first-order valence-electron chi connectivity index (χ1n) is 9.53. The number of aryl methyl sites for hydroxylation is 1. The van der Waals surface area contributed by atoms with E-state index in [1.165, 1.54) is 4.90 Å². The van der Waals surface area contributed by atoms with Crippen molar-refractivity contribution in [1.29, 1.82) is 0 Å². The minimum Gasteiger partial charge on any atom is -0.465 e. The number of rotatable bonds is 5. The molecular weight excluding hydrogens is 356 g/mol. The Hall–Kier alpha value is -3.02. The first-order chi connectivity index (χ1) is 13.5. The van der Waals surface area contributed by atoms with Crippen LogP contribution in [0, 0.1) is 6.92 Å². The summed E-state index contributed by atoms with van der Waals surface area (Å²) in [6.07, 6.45) is -0.0506. The van der Waals surface area contributed by atoms with Crippen LogP contribution >= 0.6 is 0 Å². The van der Waals surface area contributed by atoms with Crippen molar-refractivity contribution in [1.82, 2.24) is 9.80 Å². The lowest BCUT2D eigenvalue weighted by molar-refractivity contribution is 0.0570. The Labute approximate surface area is 165 Å². The predicted molar refractivity (Wildman–Crippen MR) is 106 cm³/mol. The van der Waals surface area contributed by atoms with E-state index in [0.29, 0.717) is 32.5 Å². The molecular formula is C22H26N2O4. The zero-order chi connectivity index (χ0) is 19.9. The van der Waals surface area contributed by atoms with E-state index in [0.717, 1.165) is 16.7 Å². The van der Waals surface area contributed by atoms with Crippen LogP contribution in [0.2, 0.25) is 0 Å². The molecule has 0 spiro atoms. The quantitative estimate of drug-likeness (QED) is 0.838. The normalized spacial score (nSPS) is 14.5. The molecule has 6 heteroatoms. The van der Waals surface area contributed by atoms with Crippen LogP contribution < -0.4 is 0 Å². The predicted octanol–water partition coefficient (Wildman–Crippen LogP) is 4.28. The fraction of sp³-hybridized carbons (Fsp3) is 0.364. The molecule has 2 aromatic carbocycles. The molecule has 2 aromatic rings. The molecule has 0 unspecified atom stereocenters. The lowest BCUT2D eigenvalue weighted by Crippen LogP contribution is -2.48. The number of nitrogens with zero attached hydrogens (tertiary/aromatic N) is 2. The lowest BCUT2D eigenvalue weighted by Gasteiger charge is -2.37. The van der Waals surface area contributed by atoms with Gasteiger partial charge in [0.15, 0.2) is 0 Å². The molecule has 1 saturated heterocycles. The zero-order valence-corrected chi connectivity index (χ0v) is 16.1. The Morgan fingerprint density at radius 2 is 1.68 bits per heavy atom. The van der Waals surface area contributed by atoms with Gasteiger partial charge in [-0.05, 0) is 30.9 Å². The summed E-state index contributed by atoms with van der Waals surface area (Å²) >= 11 is 0. The van der Waals surface area contributed by atoms with Gasteiger partial charge in [-0.1, -0.05) is 60.2 Å². The number of hydrogen-bond acceptors (Lipinski definition) is 3. The van der Waals surface area contributed by atoms with Gasteiger partial charge in [0.1, 0.15) is 6.61 Å². The Morgan fingerprint density at radius 1 is 1.04 bits per heavy atom. The van der Waals surface area contributed by atoms with E-state index < -0.39 is 6.09 Å². The molecule has 28 heavy (non-hydrogen) atoms. The molecule has 0 saturated carbocycles. The van der Waals surface area contributed by atoms with Crippen molar-refractivity contribution in [3.05, 3.63) is 71.3 Å². The number of benzene rings is 2. The third-order valence-electron chi connectivity index (χ3n) is 5.09. The van der Waals surface area contributed by atoms with Gasteiger partial charge in [-0.2, -0.15) is 0 Å². The number of carbonyl (C=O) groups is 2. The summed E-state index contributed by atoms with van der Waals surface area (Å²) in [5, 5.41) is 9.16. The largest absolute Gasteiger partial charge is 0.465 e. The van der Waals surface area contributed by atoms with E-state index in [2.05, 4.69) is 0 Å². The minimum atomic E-state index is -0.907. The van der Waals surface area contributed by atoms with Crippen LogP contribution in [0.3, 0.4) is 0 Å². The van der Waals surface area contributed by atoms with Crippen molar-refractivity contribution in [2.75, 3.05) is 13.1 Å². The van der Waals surface area contributed by atoms with Crippen molar-refractivity contribution < 1.29 is 19.4 Å². The van der Waals surface area contributed by atoms with Gasteiger partial charge in [0.25, 0.3) is 0 Å². The maximum Gasteiger partial charge on any atom is 0.410 e. The van der Waals surface area contributed by atoms with Gasteiger partial charge in [-0.25, -0.2) is 9.59 Å². The van der Waals surface area contributed by atoms with Crippen LogP contribution in [0.1, 0.15) is 29.5 Å². The van der Waals surface area contributed by atoms with Crippen LogP contribution in [-0.4, -0.2) is 46.2 Å². The van der Waals surface area contributed by atoms with Crippen molar-refractivity contribution in [3.63, 3.8) is 0 Å². The van der Waals surface area contributed by atoms with Crippen LogP contribution in [0.25, 0.3) is 0 Å². The van der Waals surface area contributed by atoms with Crippen molar-refractivity contribution in [2.45, 2.75) is 39.0 Å². The second kappa shape index (κ2) is 9.26. The maximum atomic E-state index is 12.9. The highest BCUT2D eigenvalue weighted by Crippen LogP contribution is 2.21. The van der Waals surface area contributed by atoms with E-state index in [1.54, 1.807) is 4.90 Å². The maximum absolute atomic E-state index is 12.9. The highest BCUT2D eigenvalue weighted by molar-refractivity contribution is 5.68. The second-order valence-corrected chi connectivity index (χ2v) is 7.15. The molecule has 1 aliphatic heterocycles. The topological polar surface area (TPSA) is 70.1 Å². The van der Waals surface area contributed by atoms with Crippen molar-refractivity contribution >= 4 is 12.2 Å². The summed E-state index contributed by atoms with van der Waals surface area (Å²) in [5.41, 5.74) is 3.13. The van der Waals surface area contributed by atoms with Crippen LogP contribution in [-0.2, 0) is 17.9 Å². The average molecular weight is 382 g/mol. The van der Waals surface area contributed by atoms with Gasteiger partial charge in [0.2, 0.25) is 0 Å². The highest BCUT2D eigenvalue weighted by Gasteiger charge is 2.30. The van der Waals surface area contributed by atoms with Gasteiger partial charge in [0, 0.05) is 25.7 Å². The molecule has 1 heterocycles. The number of amides is 2. The third-order valence-corrected chi connectivity index (χ3v) is 5.09. The van der Waals surface area contributed by atoms with Crippen LogP contribution in [0.5, 0.6) is 0 Å². The summed E-state index contributed by atoms with van der Waals surface area (Å²) in [4.78, 5) is 27.2. The monoisotopic (exact) mass is 382 g/mol. The number of hydrogen-bond donors (Lipinski definition) is 1. The molecule has 3 rings (SSSR count). The molecule has 0 atom stereocenters. The first kappa shape index (κ1) is 19.7. The van der Waals surface area contributed by atoms with Crippen molar-refractivity contribution in [3.8, 4) is 0 Å². The standard InChI is InChI=1S/C22H26N2O4/c1-17-7-9-18(10-8-17)15-24(20-11-13-23(14-12-20)21(25)26)22(27)28-16-19-5-3-2-4-6-19/h2-10,20H,11-16H2,1H3,(H,25,26). The molecule has 0 aliphatic carbocycles. The highest BCUT2D eigenvalue weighted by atomic mass is 16.6. The van der Waals surface area contributed by atoms with Gasteiger partial charge in [-0.15, -0.1) is 0 Å². The minimum absolute atomic E-state index is 0.0415. The molecule has 6 nitrogen and oxygen atoms in total. The molecule has 1 fully saturated rings. The Morgan fingerprint density at radius 3 is 2.29 bits per heavy atom. The zero-order valence-electron chi connectivity index (χ0n) is 16.1. The van der Waals surface area contributed by atoms with Gasteiger partial charge >= 0.3 is 12.2 Å². The summed E-state index contributed by atoms with van der Waals surface area (Å²) in [7, 11) is 0. The van der Waals surface area contributed by atoms with Gasteiger partial charge in [0.05, 0.1) is 0 Å². The number of carboxylic acid groups (broad SMARTS) is 1. The van der Waals surface area contributed by atoms with E-state index in [1.807, 2.05) is 61.5 Å². The summed E-state index contributed by atoms with van der Waals surface area (Å²) in [6, 6.07) is 17.6. The van der Waals surface area contributed by atoms with Crippen LogP contribution in [0.15, 0.2) is 54.6 Å². The first-order valence-corrected chi connectivity index (χ1v) is 9.53. The fourth-order valence-corrected chi connectivity index (χ4v) is 3.40. The lowest BCUT2D eigenvalue weighted by atomic mass is 10.0. The van der Waals surface area contributed by atoms with Crippen molar-refractivity contribution in [2.24, 2.45) is 0 Å². The number of ether oxygens (including phenoxy) is 1. The van der Waals surface area contributed by atoms with E-state index in [4.69, 9.17) is 9.84 Å².